The number of nitrogens with one attached hydrogen (secondary N) is 1. The third kappa shape index (κ3) is 5.06. The molecule has 1 aromatic rings. The van der Waals surface area contributed by atoms with Crippen LogP contribution in [0.25, 0.3) is 0 Å². The maximum absolute atomic E-state index is 11.9. The lowest BCUT2D eigenvalue weighted by molar-refractivity contribution is -0.142. The first-order valence-corrected chi connectivity index (χ1v) is 7.70. The Hall–Kier alpha value is -2.04. The SMILES string of the molecule is CC(C)c1cccc(OCC(=O)NC(CC2CC2)C(=O)O)c1. The van der Waals surface area contributed by atoms with Gasteiger partial charge >= 0.3 is 5.97 Å². The molecule has 0 bridgehead atoms. The standard InChI is InChI=1S/C17H23NO4/c1-11(2)13-4-3-5-14(9-13)22-10-16(19)18-15(17(20)21)8-12-6-7-12/h3-5,9,11-12,15H,6-8,10H2,1-2H3,(H,18,19)(H,20,21). The lowest BCUT2D eigenvalue weighted by Gasteiger charge is -2.15. The van der Waals surface area contributed by atoms with Crippen molar-refractivity contribution in [3.8, 4) is 5.75 Å². The van der Waals surface area contributed by atoms with Gasteiger partial charge in [0.25, 0.3) is 5.91 Å². The van der Waals surface area contributed by atoms with Gasteiger partial charge in [-0.15, -0.1) is 0 Å². The number of rotatable bonds is 8. The Balaban J connectivity index is 1.83. The van der Waals surface area contributed by atoms with Crippen LogP contribution in [-0.4, -0.2) is 29.6 Å². The monoisotopic (exact) mass is 305 g/mol. The van der Waals surface area contributed by atoms with E-state index in [0.29, 0.717) is 24.0 Å². The van der Waals surface area contributed by atoms with E-state index >= 15 is 0 Å². The van der Waals surface area contributed by atoms with Crippen LogP contribution in [0.5, 0.6) is 5.75 Å². The molecule has 22 heavy (non-hydrogen) atoms. The first kappa shape index (κ1) is 16.3. The highest BCUT2D eigenvalue weighted by Gasteiger charge is 2.30. The molecule has 1 fully saturated rings. The van der Waals surface area contributed by atoms with Gasteiger partial charge in [0.1, 0.15) is 11.8 Å². The van der Waals surface area contributed by atoms with Gasteiger partial charge in [-0.3, -0.25) is 4.79 Å². The molecule has 0 aliphatic heterocycles. The predicted octanol–water partition coefficient (Wildman–Crippen LogP) is 2.56. The van der Waals surface area contributed by atoms with Gasteiger partial charge in [0, 0.05) is 0 Å². The highest BCUT2D eigenvalue weighted by atomic mass is 16.5. The topological polar surface area (TPSA) is 75.6 Å². The normalized spacial score (nSPS) is 15.4. The van der Waals surface area contributed by atoms with Crippen molar-refractivity contribution in [3.63, 3.8) is 0 Å². The van der Waals surface area contributed by atoms with E-state index in [1.165, 1.54) is 0 Å². The lowest BCUT2D eigenvalue weighted by atomic mass is 10.0. The summed E-state index contributed by atoms with van der Waals surface area (Å²) in [7, 11) is 0. The summed E-state index contributed by atoms with van der Waals surface area (Å²) in [5.74, 6) is 0.0535. The third-order valence-electron chi connectivity index (χ3n) is 3.79. The summed E-state index contributed by atoms with van der Waals surface area (Å²) in [5, 5.41) is 11.7. The van der Waals surface area contributed by atoms with E-state index in [1.54, 1.807) is 6.07 Å². The highest BCUT2D eigenvalue weighted by molar-refractivity contribution is 5.84. The van der Waals surface area contributed by atoms with Crippen LogP contribution in [0.3, 0.4) is 0 Å². The number of amides is 1. The van der Waals surface area contributed by atoms with Crippen molar-refractivity contribution in [1.82, 2.24) is 5.32 Å². The number of carbonyl (C=O) groups is 2. The Morgan fingerprint density at radius 3 is 2.68 bits per heavy atom. The minimum absolute atomic E-state index is 0.171. The molecule has 0 heterocycles. The van der Waals surface area contributed by atoms with Crippen LogP contribution < -0.4 is 10.1 Å². The molecule has 0 spiro atoms. The highest BCUT2D eigenvalue weighted by Crippen LogP contribution is 2.33. The van der Waals surface area contributed by atoms with Gasteiger partial charge in [-0.1, -0.05) is 38.8 Å². The van der Waals surface area contributed by atoms with Crippen molar-refractivity contribution in [2.75, 3.05) is 6.61 Å². The number of ether oxygens (including phenoxy) is 1. The van der Waals surface area contributed by atoms with Gasteiger partial charge in [0.05, 0.1) is 0 Å². The number of carboxylic acid groups (broad SMARTS) is 1. The third-order valence-corrected chi connectivity index (χ3v) is 3.79. The molecule has 120 valence electrons. The van der Waals surface area contributed by atoms with Gasteiger partial charge < -0.3 is 15.2 Å². The molecular formula is C17H23NO4. The zero-order valence-corrected chi connectivity index (χ0v) is 13.0. The summed E-state index contributed by atoms with van der Waals surface area (Å²) in [4.78, 5) is 23.0. The van der Waals surface area contributed by atoms with E-state index in [4.69, 9.17) is 9.84 Å². The Morgan fingerprint density at radius 2 is 2.09 bits per heavy atom. The number of hydrogen-bond donors (Lipinski definition) is 2. The fourth-order valence-electron chi connectivity index (χ4n) is 2.26. The number of hydrogen-bond acceptors (Lipinski definition) is 3. The number of carboxylic acids is 1. The quantitative estimate of drug-likeness (QED) is 0.774. The van der Waals surface area contributed by atoms with Crippen molar-refractivity contribution in [3.05, 3.63) is 29.8 Å². The number of carbonyl (C=O) groups excluding carboxylic acids is 1. The molecule has 1 aliphatic carbocycles. The maximum atomic E-state index is 11.9. The van der Waals surface area contributed by atoms with Gasteiger partial charge in [-0.05, 0) is 36.0 Å². The minimum Gasteiger partial charge on any atom is -0.484 e. The molecule has 5 nitrogen and oxygen atoms in total. The second kappa shape index (κ2) is 7.29. The summed E-state index contributed by atoms with van der Waals surface area (Å²) < 4.78 is 5.45. The molecule has 1 aromatic carbocycles. The second-order valence-electron chi connectivity index (χ2n) is 6.15. The first-order chi connectivity index (χ1) is 10.5. The van der Waals surface area contributed by atoms with Crippen LogP contribution in [0.15, 0.2) is 24.3 Å². The molecule has 0 saturated heterocycles. The first-order valence-electron chi connectivity index (χ1n) is 7.70. The minimum atomic E-state index is -0.984. The average Bonchev–Trinajstić information content (AvgIpc) is 3.28. The Morgan fingerprint density at radius 1 is 1.36 bits per heavy atom. The van der Waals surface area contributed by atoms with E-state index < -0.39 is 17.9 Å². The predicted molar refractivity (Wildman–Crippen MR) is 82.9 cm³/mol. The van der Waals surface area contributed by atoms with Crippen LogP contribution in [0, 0.1) is 5.92 Å². The number of benzene rings is 1. The number of aliphatic carboxylic acids is 1. The molecule has 2 rings (SSSR count). The molecule has 1 atom stereocenters. The second-order valence-corrected chi connectivity index (χ2v) is 6.15. The molecule has 5 heteroatoms. The van der Waals surface area contributed by atoms with Crippen molar-refractivity contribution < 1.29 is 19.4 Å². The van der Waals surface area contributed by atoms with E-state index in [0.717, 1.165) is 18.4 Å². The van der Waals surface area contributed by atoms with Crippen LogP contribution in [-0.2, 0) is 9.59 Å². The largest absolute Gasteiger partial charge is 0.484 e. The fourth-order valence-corrected chi connectivity index (χ4v) is 2.26. The summed E-state index contributed by atoms with van der Waals surface area (Å²) in [6.45, 7) is 4.00. The van der Waals surface area contributed by atoms with Crippen molar-refractivity contribution in [2.45, 2.75) is 45.1 Å². The molecule has 1 unspecified atom stereocenters. The van der Waals surface area contributed by atoms with Crippen LogP contribution in [0.1, 0.15) is 44.6 Å². The molecule has 0 radical (unpaired) electrons. The zero-order valence-electron chi connectivity index (χ0n) is 13.0. The Bertz CT molecular complexity index is 537. The zero-order chi connectivity index (χ0) is 16.1. The summed E-state index contributed by atoms with van der Waals surface area (Å²) in [6.07, 6.45) is 2.61. The van der Waals surface area contributed by atoms with Crippen molar-refractivity contribution >= 4 is 11.9 Å². The Labute approximate surface area is 130 Å². The maximum Gasteiger partial charge on any atom is 0.326 e. The lowest BCUT2D eigenvalue weighted by Crippen LogP contribution is -2.43. The molecule has 0 aromatic heterocycles. The fraction of sp³-hybridized carbons (Fsp3) is 0.529. The van der Waals surface area contributed by atoms with Crippen LogP contribution >= 0.6 is 0 Å². The van der Waals surface area contributed by atoms with Gasteiger partial charge in [0.2, 0.25) is 0 Å². The van der Waals surface area contributed by atoms with Crippen molar-refractivity contribution in [2.24, 2.45) is 5.92 Å². The molecule has 1 aliphatic rings. The van der Waals surface area contributed by atoms with E-state index in [-0.39, 0.29) is 6.61 Å². The van der Waals surface area contributed by atoms with Crippen molar-refractivity contribution in [1.29, 1.82) is 0 Å². The van der Waals surface area contributed by atoms with Gasteiger partial charge in [-0.25, -0.2) is 4.79 Å². The smallest absolute Gasteiger partial charge is 0.326 e. The molecular weight excluding hydrogens is 282 g/mol. The van der Waals surface area contributed by atoms with Gasteiger partial charge in [0.15, 0.2) is 6.61 Å². The van der Waals surface area contributed by atoms with E-state index in [9.17, 15) is 9.59 Å². The molecule has 2 N–H and O–H groups in total. The molecule has 1 amide bonds. The van der Waals surface area contributed by atoms with E-state index in [2.05, 4.69) is 19.2 Å². The Kier molecular flexibility index (Phi) is 5.41. The summed E-state index contributed by atoms with van der Waals surface area (Å²) >= 11 is 0. The molecule has 1 saturated carbocycles. The average molecular weight is 305 g/mol. The summed E-state index contributed by atoms with van der Waals surface area (Å²) in [6, 6.07) is 6.77. The van der Waals surface area contributed by atoms with Crippen LogP contribution in [0.4, 0.5) is 0 Å². The summed E-state index contributed by atoms with van der Waals surface area (Å²) in [5.41, 5.74) is 1.13. The van der Waals surface area contributed by atoms with E-state index in [1.807, 2.05) is 18.2 Å². The van der Waals surface area contributed by atoms with Crippen LogP contribution in [0.2, 0.25) is 0 Å². The van der Waals surface area contributed by atoms with Gasteiger partial charge in [-0.2, -0.15) is 0 Å².